The van der Waals surface area contributed by atoms with Gasteiger partial charge in [-0.15, -0.1) is 0 Å². The standard InChI is InChI=1S/C16H25N3O2/c1-21-16(20)14-10-9-13(17)15(18-14)19-11-7-5-3-2-4-6-8-12-19/h9-10H,2-8,11-12,17H2,1H3. The molecule has 5 nitrogen and oxygen atoms in total. The molecule has 21 heavy (non-hydrogen) atoms. The van der Waals surface area contributed by atoms with Crippen molar-refractivity contribution in [2.45, 2.75) is 44.9 Å². The second kappa shape index (κ2) is 7.86. The molecule has 0 aromatic carbocycles. The van der Waals surface area contributed by atoms with E-state index in [1.165, 1.54) is 39.2 Å². The minimum absolute atomic E-state index is 0.318. The van der Waals surface area contributed by atoms with Crippen molar-refractivity contribution in [1.82, 2.24) is 4.98 Å². The fraction of sp³-hybridized carbons (Fsp3) is 0.625. The molecular weight excluding hydrogens is 266 g/mol. The van der Waals surface area contributed by atoms with Gasteiger partial charge in [-0.1, -0.05) is 32.1 Å². The second-order valence-electron chi connectivity index (χ2n) is 5.56. The molecule has 1 aliphatic heterocycles. The summed E-state index contributed by atoms with van der Waals surface area (Å²) in [7, 11) is 1.36. The topological polar surface area (TPSA) is 68.5 Å². The minimum atomic E-state index is -0.419. The summed E-state index contributed by atoms with van der Waals surface area (Å²) < 4.78 is 4.74. The van der Waals surface area contributed by atoms with E-state index in [9.17, 15) is 4.79 Å². The average Bonchev–Trinajstić information content (AvgIpc) is 2.52. The van der Waals surface area contributed by atoms with Crippen LogP contribution < -0.4 is 10.6 Å². The third-order valence-electron chi connectivity index (χ3n) is 3.96. The number of carbonyl (C=O) groups excluding carboxylic acids is 1. The first-order valence-corrected chi connectivity index (χ1v) is 7.82. The molecule has 1 aliphatic rings. The monoisotopic (exact) mass is 291 g/mol. The van der Waals surface area contributed by atoms with Gasteiger partial charge in [0.1, 0.15) is 0 Å². The van der Waals surface area contributed by atoms with Gasteiger partial charge in [-0.05, 0) is 25.0 Å². The molecule has 1 saturated heterocycles. The number of pyridine rings is 1. The zero-order valence-corrected chi connectivity index (χ0v) is 12.8. The Morgan fingerprint density at radius 1 is 1.10 bits per heavy atom. The Morgan fingerprint density at radius 3 is 2.24 bits per heavy atom. The molecule has 0 aliphatic carbocycles. The summed E-state index contributed by atoms with van der Waals surface area (Å²) in [5.74, 6) is 0.302. The van der Waals surface area contributed by atoms with Crippen LogP contribution in [0.3, 0.4) is 0 Å². The number of nitrogens with two attached hydrogens (primary N) is 1. The lowest BCUT2D eigenvalue weighted by Gasteiger charge is -2.26. The number of hydrogen-bond acceptors (Lipinski definition) is 5. The highest BCUT2D eigenvalue weighted by molar-refractivity contribution is 5.88. The Hall–Kier alpha value is -1.78. The SMILES string of the molecule is COC(=O)c1ccc(N)c(N2CCCCCCCCC2)n1. The first-order chi connectivity index (χ1) is 10.2. The summed E-state index contributed by atoms with van der Waals surface area (Å²) >= 11 is 0. The summed E-state index contributed by atoms with van der Waals surface area (Å²) in [5.41, 5.74) is 7.01. The van der Waals surface area contributed by atoms with Crippen LogP contribution in [0, 0.1) is 0 Å². The molecule has 1 fully saturated rings. The molecule has 2 N–H and O–H groups in total. The molecule has 0 radical (unpaired) electrons. The predicted molar refractivity (Wildman–Crippen MR) is 84.5 cm³/mol. The number of hydrogen-bond donors (Lipinski definition) is 1. The number of esters is 1. The van der Waals surface area contributed by atoms with Gasteiger partial charge < -0.3 is 15.4 Å². The minimum Gasteiger partial charge on any atom is -0.464 e. The Morgan fingerprint density at radius 2 is 1.67 bits per heavy atom. The van der Waals surface area contributed by atoms with Crippen molar-refractivity contribution in [3.63, 3.8) is 0 Å². The largest absolute Gasteiger partial charge is 0.464 e. The molecule has 116 valence electrons. The summed E-state index contributed by atoms with van der Waals surface area (Å²) in [6, 6.07) is 3.36. The number of rotatable bonds is 2. The molecule has 0 spiro atoms. The lowest BCUT2D eigenvalue weighted by Crippen LogP contribution is -2.28. The number of methoxy groups -OCH3 is 1. The summed E-state index contributed by atoms with van der Waals surface area (Å²) in [6.07, 6.45) is 8.73. The summed E-state index contributed by atoms with van der Waals surface area (Å²) in [4.78, 5) is 18.3. The maximum absolute atomic E-state index is 11.6. The Labute approximate surface area is 126 Å². The molecule has 1 aromatic rings. The Bertz CT molecular complexity index is 467. The number of ether oxygens (including phenoxy) is 1. The van der Waals surface area contributed by atoms with Crippen molar-refractivity contribution in [3.05, 3.63) is 17.8 Å². The predicted octanol–water partition coefficient (Wildman–Crippen LogP) is 3.00. The lowest BCUT2D eigenvalue weighted by molar-refractivity contribution is 0.0594. The van der Waals surface area contributed by atoms with Crippen LogP contribution in [-0.2, 0) is 4.74 Å². The van der Waals surface area contributed by atoms with Crippen LogP contribution in [0.5, 0.6) is 0 Å². The van der Waals surface area contributed by atoms with Crippen LogP contribution in [0.4, 0.5) is 11.5 Å². The Balaban J connectivity index is 2.17. The van der Waals surface area contributed by atoms with Crippen molar-refractivity contribution < 1.29 is 9.53 Å². The van der Waals surface area contributed by atoms with E-state index in [0.29, 0.717) is 11.4 Å². The number of nitrogens with zero attached hydrogens (tertiary/aromatic N) is 2. The maximum atomic E-state index is 11.6. The van der Waals surface area contributed by atoms with Crippen molar-refractivity contribution in [1.29, 1.82) is 0 Å². The smallest absolute Gasteiger partial charge is 0.356 e. The number of anilines is 2. The molecule has 5 heteroatoms. The number of carbonyl (C=O) groups is 1. The van der Waals surface area contributed by atoms with Gasteiger partial charge in [0.25, 0.3) is 0 Å². The molecule has 0 bridgehead atoms. The maximum Gasteiger partial charge on any atom is 0.356 e. The van der Waals surface area contributed by atoms with Crippen molar-refractivity contribution >= 4 is 17.5 Å². The zero-order valence-electron chi connectivity index (χ0n) is 12.8. The molecule has 1 aromatic heterocycles. The Kier molecular flexibility index (Phi) is 5.84. The van der Waals surface area contributed by atoms with E-state index in [0.717, 1.165) is 31.7 Å². The van der Waals surface area contributed by atoms with Gasteiger partial charge in [-0.3, -0.25) is 0 Å². The normalized spacial score (nSPS) is 17.3. The molecule has 0 amide bonds. The average molecular weight is 291 g/mol. The van der Waals surface area contributed by atoms with Crippen LogP contribution >= 0.6 is 0 Å². The van der Waals surface area contributed by atoms with E-state index in [2.05, 4.69) is 9.88 Å². The number of nitrogen functional groups attached to an aromatic ring is 1. The third kappa shape index (κ3) is 4.34. The van der Waals surface area contributed by atoms with Crippen LogP contribution in [0.2, 0.25) is 0 Å². The third-order valence-corrected chi connectivity index (χ3v) is 3.96. The summed E-state index contributed by atoms with van der Waals surface area (Å²) in [5, 5.41) is 0. The van der Waals surface area contributed by atoms with Gasteiger partial charge in [0.05, 0.1) is 12.8 Å². The first-order valence-electron chi connectivity index (χ1n) is 7.82. The molecule has 0 atom stereocenters. The molecule has 2 rings (SSSR count). The lowest BCUT2D eigenvalue weighted by atomic mass is 10.1. The van der Waals surface area contributed by atoms with E-state index < -0.39 is 5.97 Å². The highest BCUT2D eigenvalue weighted by Gasteiger charge is 2.16. The zero-order chi connectivity index (χ0) is 15.1. The van der Waals surface area contributed by atoms with Gasteiger partial charge in [0, 0.05) is 13.1 Å². The van der Waals surface area contributed by atoms with E-state index in [1.807, 2.05) is 0 Å². The van der Waals surface area contributed by atoms with E-state index in [-0.39, 0.29) is 0 Å². The fourth-order valence-corrected chi connectivity index (χ4v) is 2.74. The van der Waals surface area contributed by atoms with E-state index in [1.54, 1.807) is 12.1 Å². The molecule has 0 unspecified atom stereocenters. The van der Waals surface area contributed by atoms with Gasteiger partial charge in [0.15, 0.2) is 11.5 Å². The van der Waals surface area contributed by atoms with Gasteiger partial charge >= 0.3 is 5.97 Å². The van der Waals surface area contributed by atoms with E-state index in [4.69, 9.17) is 10.5 Å². The van der Waals surface area contributed by atoms with Crippen molar-refractivity contribution in [3.8, 4) is 0 Å². The van der Waals surface area contributed by atoms with E-state index >= 15 is 0 Å². The van der Waals surface area contributed by atoms with Crippen molar-refractivity contribution in [2.75, 3.05) is 30.8 Å². The van der Waals surface area contributed by atoms with Gasteiger partial charge in [-0.25, -0.2) is 9.78 Å². The van der Waals surface area contributed by atoms with Crippen LogP contribution in [0.25, 0.3) is 0 Å². The molecule has 0 saturated carbocycles. The quantitative estimate of drug-likeness (QED) is 0.848. The highest BCUT2D eigenvalue weighted by Crippen LogP contribution is 2.23. The van der Waals surface area contributed by atoms with Crippen molar-refractivity contribution in [2.24, 2.45) is 0 Å². The van der Waals surface area contributed by atoms with Crippen LogP contribution in [-0.4, -0.2) is 31.2 Å². The second-order valence-corrected chi connectivity index (χ2v) is 5.56. The number of aromatic nitrogens is 1. The molecular formula is C16H25N3O2. The van der Waals surface area contributed by atoms with Gasteiger partial charge in [-0.2, -0.15) is 0 Å². The first kappa shape index (κ1) is 15.6. The van der Waals surface area contributed by atoms with Gasteiger partial charge in [0.2, 0.25) is 0 Å². The fourth-order valence-electron chi connectivity index (χ4n) is 2.74. The van der Waals surface area contributed by atoms with Crippen LogP contribution in [0.1, 0.15) is 55.4 Å². The molecule has 2 heterocycles. The highest BCUT2D eigenvalue weighted by atomic mass is 16.5. The summed E-state index contributed by atoms with van der Waals surface area (Å²) in [6.45, 7) is 1.89. The van der Waals surface area contributed by atoms with Crippen LogP contribution in [0.15, 0.2) is 12.1 Å².